The minimum absolute atomic E-state index is 0.224. The molecule has 1 aromatic heterocycles. The van der Waals surface area contributed by atoms with Gasteiger partial charge in [-0.25, -0.2) is 4.98 Å². The molecule has 2 heterocycles. The number of nitrogens with zero attached hydrogens (tertiary/aromatic N) is 3. The molecule has 0 unspecified atom stereocenters. The summed E-state index contributed by atoms with van der Waals surface area (Å²) in [7, 11) is 0. The SMILES string of the molecule is O=C(c1csc(C2CCN(CCC3CCCCC3)CC2)n1)N(C1CCCCC1)C1CC1. The summed E-state index contributed by atoms with van der Waals surface area (Å²) in [6, 6.07) is 0.958. The van der Waals surface area contributed by atoms with Crippen LogP contribution >= 0.6 is 11.3 Å². The number of thiazole rings is 1. The van der Waals surface area contributed by atoms with Crippen molar-refractivity contribution in [3.8, 4) is 0 Å². The van der Waals surface area contributed by atoms with Crippen molar-refractivity contribution in [3.05, 3.63) is 16.1 Å². The molecule has 0 spiro atoms. The number of rotatable bonds is 7. The lowest BCUT2D eigenvalue weighted by Gasteiger charge is -2.34. The zero-order valence-electron chi connectivity index (χ0n) is 19.3. The summed E-state index contributed by atoms with van der Waals surface area (Å²) < 4.78 is 0. The third-order valence-corrected chi connectivity index (χ3v) is 9.41. The molecule has 1 amide bonds. The first kappa shape index (κ1) is 21.9. The summed E-state index contributed by atoms with van der Waals surface area (Å²) in [5.74, 6) is 1.76. The second-order valence-corrected chi connectivity index (χ2v) is 11.6. The Labute approximate surface area is 192 Å². The molecule has 4 fully saturated rings. The highest BCUT2D eigenvalue weighted by atomic mass is 32.1. The van der Waals surface area contributed by atoms with E-state index in [0.717, 1.165) is 11.6 Å². The van der Waals surface area contributed by atoms with E-state index in [0.29, 0.717) is 18.0 Å². The lowest BCUT2D eigenvalue weighted by Crippen LogP contribution is -2.43. The van der Waals surface area contributed by atoms with E-state index in [9.17, 15) is 4.79 Å². The van der Waals surface area contributed by atoms with Crippen molar-refractivity contribution in [2.45, 2.75) is 114 Å². The minimum Gasteiger partial charge on any atom is -0.331 e. The predicted molar refractivity (Wildman–Crippen MR) is 128 cm³/mol. The number of carbonyl (C=O) groups is 1. The van der Waals surface area contributed by atoms with E-state index in [4.69, 9.17) is 4.98 Å². The van der Waals surface area contributed by atoms with Crippen LogP contribution in [0.2, 0.25) is 0 Å². The van der Waals surface area contributed by atoms with Crippen LogP contribution < -0.4 is 0 Å². The van der Waals surface area contributed by atoms with E-state index in [1.54, 1.807) is 11.3 Å². The van der Waals surface area contributed by atoms with Gasteiger partial charge < -0.3 is 9.80 Å². The largest absolute Gasteiger partial charge is 0.331 e. The maximum absolute atomic E-state index is 13.4. The van der Waals surface area contributed by atoms with E-state index < -0.39 is 0 Å². The molecule has 4 nitrogen and oxygen atoms in total. The predicted octanol–water partition coefficient (Wildman–Crippen LogP) is 6.23. The lowest BCUT2D eigenvalue weighted by atomic mass is 9.86. The molecule has 0 bridgehead atoms. The van der Waals surface area contributed by atoms with Gasteiger partial charge in [-0.05, 0) is 70.5 Å². The van der Waals surface area contributed by atoms with Gasteiger partial charge in [0.05, 0.1) is 5.01 Å². The number of hydrogen-bond acceptors (Lipinski definition) is 4. The average molecular weight is 444 g/mol. The molecule has 0 N–H and O–H groups in total. The molecule has 3 aliphatic carbocycles. The first-order chi connectivity index (χ1) is 15.3. The fourth-order valence-electron chi connectivity index (χ4n) is 6.29. The summed E-state index contributed by atoms with van der Waals surface area (Å²) >= 11 is 1.74. The molecular formula is C26H41N3OS. The number of amides is 1. The molecular weight excluding hydrogens is 402 g/mol. The smallest absolute Gasteiger partial charge is 0.273 e. The van der Waals surface area contributed by atoms with Crippen LogP contribution in [0.15, 0.2) is 5.38 Å². The van der Waals surface area contributed by atoms with E-state index >= 15 is 0 Å². The highest BCUT2D eigenvalue weighted by Gasteiger charge is 2.39. The van der Waals surface area contributed by atoms with Gasteiger partial charge in [-0.3, -0.25) is 4.79 Å². The minimum atomic E-state index is 0.224. The van der Waals surface area contributed by atoms with Gasteiger partial charge in [0.25, 0.3) is 5.91 Å². The van der Waals surface area contributed by atoms with Gasteiger partial charge in [-0.15, -0.1) is 11.3 Å². The molecule has 0 atom stereocenters. The first-order valence-corrected chi connectivity index (χ1v) is 14.2. The molecule has 5 heteroatoms. The maximum Gasteiger partial charge on any atom is 0.273 e. The summed E-state index contributed by atoms with van der Waals surface area (Å²) in [6.07, 6.45) is 19.8. The van der Waals surface area contributed by atoms with Crippen LogP contribution in [0.3, 0.4) is 0 Å². The van der Waals surface area contributed by atoms with E-state index in [-0.39, 0.29) is 5.91 Å². The number of hydrogen-bond donors (Lipinski definition) is 0. The van der Waals surface area contributed by atoms with Crippen molar-refractivity contribution < 1.29 is 4.79 Å². The van der Waals surface area contributed by atoms with Crippen LogP contribution in [0.1, 0.15) is 118 Å². The third-order valence-electron chi connectivity index (χ3n) is 8.40. The van der Waals surface area contributed by atoms with Gasteiger partial charge in [0.1, 0.15) is 5.69 Å². The molecule has 1 saturated heterocycles. The maximum atomic E-state index is 13.4. The van der Waals surface area contributed by atoms with Crippen molar-refractivity contribution in [1.29, 1.82) is 0 Å². The third kappa shape index (κ3) is 5.52. The Morgan fingerprint density at radius 1 is 0.903 bits per heavy atom. The average Bonchev–Trinajstić information content (AvgIpc) is 3.53. The second-order valence-electron chi connectivity index (χ2n) is 10.7. The number of likely N-dealkylation sites (tertiary alicyclic amines) is 1. The van der Waals surface area contributed by atoms with Crippen LogP contribution in [0.4, 0.5) is 0 Å². The van der Waals surface area contributed by atoms with Gasteiger partial charge in [0.15, 0.2) is 0 Å². The Morgan fingerprint density at radius 3 is 2.23 bits per heavy atom. The summed E-state index contributed by atoms with van der Waals surface area (Å²) in [5, 5.41) is 3.28. The fraction of sp³-hybridized carbons (Fsp3) is 0.846. The van der Waals surface area contributed by atoms with Crippen molar-refractivity contribution in [2.24, 2.45) is 5.92 Å². The van der Waals surface area contributed by atoms with Crippen molar-refractivity contribution in [1.82, 2.24) is 14.8 Å². The highest BCUT2D eigenvalue weighted by molar-refractivity contribution is 7.09. The Hall–Kier alpha value is -0.940. The van der Waals surface area contributed by atoms with Gasteiger partial charge in [0.2, 0.25) is 0 Å². The summed E-state index contributed by atoms with van der Waals surface area (Å²) in [6.45, 7) is 3.70. The summed E-state index contributed by atoms with van der Waals surface area (Å²) in [5.41, 5.74) is 0.734. The van der Waals surface area contributed by atoms with Crippen molar-refractivity contribution >= 4 is 17.2 Å². The van der Waals surface area contributed by atoms with Crippen LogP contribution in [-0.2, 0) is 0 Å². The quantitative estimate of drug-likeness (QED) is 0.501. The lowest BCUT2D eigenvalue weighted by molar-refractivity contribution is 0.0608. The van der Waals surface area contributed by atoms with Crippen molar-refractivity contribution in [3.63, 3.8) is 0 Å². The number of aromatic nitrogens is 1. The molecule has 1 aliphatic heterocycles. The fourth-order valence-corrected chi connectivity index (χ4v) is 7.26. The Morgan fingerprint density at radius 2 is 1.55 bits per heavy atom. The molecule has 0 radical (unpaired) electrons. The Bertz CT molecular complexity index is 710. The van der Waals surface area contributed by atoms with Gasteiger partial charge in [-0.1, -0.05) is 51.4 Å². The molecule has 5 rings (SSSR count). The van der Waals surface area contributed by atoms with E-state index in [1.807, 2.05) is 0 Å². The summed E-state index contributed by atoms with van der Waals surface area (Å²) in [4.78, 5) is 23.2. The van der Waals surface area contributed by atoms with Crippen LogP contribution in [0.5, 0.6) is 0 Å². The van der Waals surface area contributed by atoms with Crippen LogP contribution in [0.25, 0.3) is 0 Å². The highest BCUT2D eigenvalue weighted by Crippen LogP contribution is 2.36. The van der Waals surface area contributed by atoms with E-state index in [1.165, 1.54) is 121 Å². The molecule has 3 saturated carbocycles. The molecule has 1 aromatic rings. The van der Waals surface area contributed by atoms with Gasteiger partial charge in [0, 0.05) is 23.4 Å². The normalized spacial score (nSPS) is 25.0. The van der Waals surface area contributed by atoms with Gasteiger partial charge in [-0.2, -0.15) is 0 Å². The molecule has 172 valence electrons. The van der Waals surface area contributed by atoms with E-state index in [2.05, 4.69) is 15.2 Å². The monoisotopic (exact) mass is 443 g/mol. The van der Waals surface area contributed by atoms with Crippen LogP contribution in [0, 0.1) is 5.92 Å². The van der Waals surface area contributed by atoms with Gasteiger partial charge >= 0.3 is 0 Å². The topological polar surface area (TPSA) is 36.4 Å². The molecule has 31 heavy (non-hydrogen) atoms. The Kier molecular flexibility index (Phi) is 7.29. The Balaban J connectivity index is 1.13. The first-order valence-electron chi connectivity index (χ1n) is 13.3. The number of piperidine rings is 1. The standard InChI is InChI=1S/C26H41N3OS/c30-26(29(23-11-12-23)22-9-5-2-6-10-22)24-19-31-25(27-24)21-14-17-28(18-15-21)16-13-20-7-3-1-4-8-20/h19-23H,1-18H2. The molecule has 4 aliphatic rings. The van der Waals surface area contributed by atoms with Crippen LogP contribution in [-0.4, -0.2) is 52.4 Å². The second kappa shape index (κ2) is 10.3. The van der Waals surface area contributed by atoms with Crippen molar-refractivity contribution in [2.75, 3.05) is 19.6 Å². The number of carbonyl (C=O) groups excluding carboxylic acids is 1. The molecule has 0 aromatic carbocycles. The zero-order chi connectivity index (χ0) is 21.0. The zero-order valence-corrected chi connectivity index (χ0v) is 20.1.